The number of amides is 1. The average molecular weight is 490 g/mol. The standard InChI is InChI=1S/C27H27N3O4S/c1-2-3-15-34-21-8-6-7-20(16-21)26-17-24(23-9-4-5-10-25(23)30-26)27(31)29-18-19-11-13-22(14-12-19)35(28,32)33/h4-14,16-17H,2-3,15,18H2,1H3,(H,29,31)(H2,28,32,33). The number of pyridine rings is 1. The van der Waals surface area contributed by atoms with Crippen molar-refractivity contribution in [2.45, 2.75) is 31.2 Å². The van der Waals surface area contributed by atoms with Crippen LogP contribution >= 0.6 is 0 Å². The molecule has 0 atom stereocenters. The number of hydrogen-bond acceptors (Lipinski definition) is 5. The highest BCUT2D eigenvalue weighted by atomic mass is 32.2. The van der Waals surface area contributed by atoms with Gasteiger partial charge in [0.05, 0.1) is 28.3 Å². The van der Waals surface area contributed by atoms with Crippen LogP contribution in [0, 0.1) is 0 Å². The molecule has 8 heteroatoms. The minimum atomic E-state index is -3.76. The van der Waals surface area contributed by atoms with Crippen molar-refractivity contribution in [3.63, 3.8) is 0 Å². The highest BCUT2D eigenvalue weighted by molar-refractivity contribution is 7.89. The Morgan fingerprint density at radius 1 is 1.00 bits per heavy atom. The predicted octanol–water partition coefficient (Wildman–Crippen LogP) is 4.66. The Balaban J connectivity index is 1.60. The van der Waals surface area contributed by atoms with E-state index in [4.69, 9.17) is 14.9 Å². The van der Waals surface area contributed by atoms with Gasteiger partial charge in [-0.2, -0.15) is 0 Å². The Labute approximate surface area is 205 Å². The lowest BCUT2D eigenvalue weighted by atomic mass is 10.0. The van der Waals surface area contributed by atoms with E-state index < -0.39 is 10.0 Å². The summed E-state index contributed by atoms with van der Waals surface area (Å²) in [5, 5.41) is 8.81. The number of carbonyl (C=O) groups excluding carboxylic acids is 1. The van der Waals surface area contributed by atoms with Crippen molar-refractivity contribution in [2.75, 3.05) is 6.61 Å². The summed E-state index contributed by atoms with van der Waals surface area (Å²) < 4.78 is 28.7. The molecule has 7 nitrogen and oxygen atoms in total. The summed E-state index contributed by atoms with van der Waals surface area (Å²) in [5.41, 5.74) is 3.50. The van der Waals surface area contributed by atoms with Gasteiger partial charge >= 0.3 is 0 Å². The number of rotatable bonds is 9. The smallest absolute Gasteiger partial charge is 0.252 e. The molecule has 35 heavy (non-hydrogen) atoms. The molecule has 0 saturated carbocycles. The number of unbranched alkanes of at least 4 members (excludes halogenated alkanes) is 1. The normalized spacial score (nSPS) is 11.4. The van der Waals surface area contributed by atoms with Gasteiger partial charge in [0.2, 0.25) is 10.0 Å². The minimum absolute atomic E-state index is 0.0262. The number of nitrogens with zero attached hydrogens (tertiary/aromatic N) is 1. The summed E-state index contributed by atoms with van der Waals surface area (Å²) in [7, 11) is -3.76. The lowest BCUT2D eigenvalue weighted by Gasteiger charge is -2.12. The third-order valence-corrected chi connectivity index (χ3v) is 6.49. The molecule has 1 aromatic heterocycles. The second-order valence-corrected chi connectivity index (χ2v) is 9.74. The van der Waals surface area contributed by atoms with E-state index in [0.717, 1.165) is 35.1 Å². The molecule has 4 aromatic rings. The number of para-hydroxylation sites is 1. The number of fused-ring (bicyclic) bond motifs is 1. The van der Waals surface area contributed by atoms with E-state index in [9.17, 15) is 13.2 Å². The molecule has 3 N–H and O–H groups in total. The topological polar surface area (TPSA) is 111 Å². The lowest BCUT2D eigenvalue weighted by Crippen LogP contribution is -2.23. The fraction of sp³-hybridized carbons (Fsp3) is 0.185. The number of carbonyl (C=O) groups is 1. The largest absolute Gasteiger partial charge is 0.494 e. The van der Waals surface area contributed by atoms with Crippen molar-refractivity contribution < 1.29 is 17.9 Å². The molecular formula is C27H27N3O4S. The van der Waals surface area contributed by atoms with Crippen LogP contribution in [0.3, 0.4) is 0 Å². The van der Waals surface area contributed by atoms with Crippen molar-refractivity contribution in [3.8, 4) is 17.0 Å². The molecule has 4 rings (SSSR count). The monoisotopic (exact) mass is 489 g/mol. The van der Waals surface area contributed by atoms with Crippen LogP contribution in [-0.2, 0) is 16.6 Å². The summed E-state index contributed by atoms with van der Waals surface area (Å²) in [5.74, 6) is 0.510. The molecular weight excluding hydrogens is 462 g/mol. The van der Waals surface area contributed by atoms with Crippen molar-refractivity contribution in [1.82, 2.24) is 10.3 Å². The van der Waals surface area contributed by atoms with Crippen molar-refractivity contribution >= 4 is 26.8 Å². The van der Waals surface area contributed by atoms with Crippen LogP contribution in [0.25, 0.3) is 22.2 Å². The van der Waals surface area contributed by atoms with Gasteiger partial charge in [0, 0.05) is 17.5 Å². The highest BCUT2D eigenvalue weighted by Crippen LogP contribution is 2.27. The summed E-state index contributed by atoms with van der Waals surface area (Å²) in [4.78, 5) is 18.0. The number of hydrogen-bond donors (Lipinski definition) is 2. The summed E-state index contributed by atoms with van der Waals surface area (Å²) in [6.45, 7) is 3.00. The van der Waals surface area contributed by atoms with Crippen molar-refractivity contribution in [3.05, 3.63) is 90.0 Å². The number of nitrogens with two attached hydrogens (primary N) is 1. The minimum Gasteiger partial charge on any atom is -0.494 e. The first-order chi connectivity index (χ1) is 16.8. The fourth-order valence-electron chi connectivity index (χ4n) is 3.67. The van der Waals surface area contributed by atoms with Crippen LogP contribution < -0.4 is 15.2 Å². The van der Waals surface area contributed by atoms with Gasteiger partial charge in [-0.3, -0.25) is 4.79 Å². The number of nitrogens with one attached hydrogen (secondary N) is 1. The second kappa shape index (κ2) is 10.7. The van der Waals surface area contributed by atoms with Gasteiger partial charge in [-0.05, 0) is 48.4 Å². The zero-order valence-corrected chi connectivity index (χ0v) is 20.2. The van der Waals surface area contributed by atoms with E-state index in [0.29, 0.717) is 23.4 Å². The van der Waals surface area contributed by atoms with E-state index in [1.165, 1.54) is 12.1 Å². The Morgan fingerprint density at radius 2 is 1.77 bits per heavy atom. The Bertz CT molecular complexity index is 1450. The molecule has 0 saturated heterocycles. The quantitative estimate of drug-likeness (QED) is 0.332. The van der Waals surface area contributed by atoms with Crippen molar-refractivity contribution in [2.24, 2.45) is 5.14 Å². The van der Waals surface area contributed by atoms with Gasteiger partial charge in [-0.1, -0.05) is 55.8 Å². The average Bonchev–Trinajstić information content (AvgIpc) is 2.86. The van der Waals surface area contributed by atoms with Crippen LogP contribution in [0.4, 0.5) is 0 Å². The molecule has 0 unspecified atom stereocenters. The molecule has 0 radical (unpaired) electrons. The number of primary sulfonamides is 1. The van der Waals surface area contributed by atoms with Crippen LogP contribution in [0.2, 0.25) is 0 Å². The Morgan fingerprint density at radius 3 is 2.51 bits per heavy atom. The molecule has 0 fully saturated rings. The van der Waals surface area contributed by atoms with Crippen LogP contribution in [0.15, 0.2) is 83.8 Å². The summed E-state index contributed by atoms with van der Waals surface area (Å²) >= 11 is 0. The van der Waals surface area contributed by atoms with Crippen LogP contribution in [-0.4, -0.2) is 25.9 Å². The van der Waals surface area contributed by atoms with E-state index in [-0.39, 0.29) is 17.3 Å². The van der Waals surface area contributed by atoms with E-state index in [1.54, 1.807) is 18.2 Å². The third-order valence-electron chi connectivity index (χ3n) is 5.56. The Hall–Kier alpha value is -3.75. The van der Waals surface area contributed by atoms with Gasteiger partial charge in [-0.15, -0.1) is 0 Å². The first kappa shape index (κ1) is 24.4. The molecule has 180 valence electrons. The van der Waals surface area contributed by atoms with Gasteiger partial charge in [0.15, 0.2) is 0 Å². The van der Waals surface area contributed by atoms with E-state index in [1.807, 2.05) is 48.5 Å². The van der Waals surface area contributed by atoms with Crippen LogP contribution in [0.1, 0.15) is 35.7 Å². The Kier molecular flexibility index (Phi) is 7.43. The first-order valence-electron chi connectivity index (χ1n) is 11.4. The fourth-order valence-corrected chi connectivity index (χ4v) is 4.18. The lowest BCUT2D eigenvalue weighted by molar-refractivity contribution is 0.0952. The molecule has 0 bridgehead atoms. The highest BCUT2D eigenvalue weighted by Gasteiger charge is 2.15. The molecule has 0 aliphatic rings. The molecule has 0 spiro atoms. The zero-order chi connectivity index (χ0) is 24.8. The maximum atomic E-state index is 13.2. The van der Waals surface area contributed by atoms with Gasteiger partial charge < -0.3 is 10.1 Å². The van der Waals surface area contributed by atoms with E-state index >= 15 is 0 Å². The number of aromatic nitrogens is 1. The second-order valence-electron chi connectivity index (χ2n) is 8.17. The molecule has 1 heterocycles. The number of ether oxygens (including phenoxy) is 1. The van der Waals surface area contributed by atoms with Gasteiger partial charge in [-0.25, -0.2) is 18.5 Å². The van der Waals surface area contributed by atoms with Gasteiger partial charge in [0.1, 0.15) is 5.75 Å². The molecule has 1 amide bonds. The maximum absolute atomic E-state index is 13.2. The van der Waals surface area contributed by atoms with Gasteiger partial charge in [0.25, 0.3) is 5.91 Å². The molecule has 0 aliphatic heterocycles. The number of benzene rings is 3. The zero-order valence-electron chi connectivity index (χ0n) is 19.4. The maximum Gasteiger partial charge on any atom is 0.252 e. The van der Waals surface area contributed by atoms with E-state index in [2.05, 4.69) is 12.2 Å². The van der Waals surface area contributed by atoms with Crippen LogP contribution in [0.5, 0.6) is 5.75 Å². The third kappa shape index (κ3) is 6.03. The summed E-state index contributed by atoms with van der Waals surface area (Å²) in [6, 6.07) is 23.1. The number of sulfonamides is 1. The predicted molar refractivity (Wildman–Crippen MR) is 137 cm³/mol. The summed E-state index contributed by atoms with van der Waals surface area (Å²) in [6.07, 6.45) is 2.04. The van der Waals surface area contributed by atoms with Crippen molar-refractivity contribution in [1.29, 1.82) is 0 Å². The SMILES string of the molecule is CCCCOc1cccc(-c2cc(C(=O)NCc3ccc(S(N)(=O)=O)cc3)c3ccccc3n2)c1. The first-order valence-corrected chi connectivity index (χ1v) is 12.9. The molecule has 3 aromatic carbocycles. The molecule has 0 aliphatic carbocycles.